The Labute approximate surface area is 176 Å². The lowest BCUT2D eigenvalue weighted by Crippen LogP contribution is -2.20. The van der Waals surface area contributed by atoms with Crippen LogP contribution in [0.5, 0.6) is 11.5 Å². The number of methoxy groups -OCH3 is 1. The van der Waals surface area contributed by atoms with Gasteiger partial charge in [-0.05, 0) is 36.4 Å². The molecular weight excluding hydrogens is 420 g/mol. The molecule has 2 aromatic rings. The monoisotopic (exact) mass is 434 g/mol. The number of ether oxygens (including phenoxy) is 2. The van der Waals surface area contributed by atoms with Crippen LogP contribution in [0.3, 0.4) is 0 Å². The Morgan fingerprint density at radius 3 is 2.79 bits per heavy atom. The number of hydrogen-bond donors (Lipinski definition) is 2. The summed E-state index contributed by atoms with van der Waals surface area (Å²) in [5, 5.41) is 5.76. The molecule has 0 spiro atoms. The van der Waals surface area contributed by atoms with Gasteiger partial charge >= 0.3 is 0 Å². The topological polar surface area (TPSA) is 76.7 Å². The van der Waals surface area contributed by atoms with Crippen molar-refractivity contribution in [2.45, 2.75) is 0 Å². The van der Waals surface area contributed by atoms with E-state index in [1.165, 1.54) is 7.11 Å². The van der Waals surface area contributed by atoms with Crippen molar-refractivity contribution in [3.05, 3.63) is 58.0 Å². The number of thiocarbonyl (C=S) groups is 1. The quantitative estimate of drug-likeness (QED) is 0.531. The number of benzene rings is 2. The largest absolute Gasteiger partial charge is 0.495 e. The molecule has 1 aliphatic heterocycles. The summed E-state index contributed by atoms with van der Waals surface area (Å²) < 4.78 is 11.2. The van der Waals surface area contributed by atoms with Gasteiger partial charge in [0.15, 0.2) is 6.61 Å². The molecule has 0 saturated carbocycles. The van der Waals surface area contributed by atoms with Crippen molar-refractivity contribution in [2.24, 2.45) is 0 Å². The average Bonchev–Trinajstić information content (AvgIpc) is 2.98. The molecule has 0 bridgehead atoms. The van der Waals surface area contributed by atoms with E-state index in [1.807, 2.05) is 0 Å². The molecule has 6 nitrogen and oxygen atoms in total. The molecular formula is C19H15ClN2O4S2. The molecule has 144 valence electrons. The lowest BCUT2D eigenvalue weighted by molar-refractivity contribution is -0.118. The molecule has 1 fully saturated rings. The van der Waals surface area contributed by atoms with E-state index in [-0.39, 0.29) is 18.4 Å². The minimum atomic E-state index is -0.354. The minimum Gasteiger partial charge on any atom is -0.495 e. The first-order chi connectivity index (χ1) is 13.5. The molecule has 2 amide bonds. The molecule has 0 aromatic heterocycles. The van der Waals surface area contributed by atoms with E-state index in [9.17, 15) is 9.59 Å². The molecule has 0 unspecified atom stereocenters. The number of anilines is 1. The fourth-order valence-electron chi connectivity index (χ4n) is 2.40. The van der Waals surface area contributed by atoms with Crippen molar-refractivity contribution in [1.29, 1.82) is 0 Å². The third-order valence-corrected chi connectivity index (χ3v) is 5.04. The third kappa shape index (κ3) is 5.03. The molecule has 9 heteroatoms. The maximum atomic E-state index is 12.3. The Bertz CT molecular complexity index is 978. The van der Waals surface area contributed by atoms with Crippen LogP contribution < -0.4 is 20.1 Å². The van der Waals surface area contributed by atoms with Crippen LogP contribution in [0.4, 0.5) is 5.69 Å². The van der Waals surface area contributed by atoms with Gasteiger partial charge < -0.3 is 20.1 Å². The lowest BCUT2D eigenvalue weighted by atomic mass is 10.2. The SMILES string of the molecule is COc1ccccc1NC(=O)COc1ccc(Cl)cc1/C=C1\SC(=S)NC1=O. The van der Waals surface area contributed by atoms with Gasteiger partial charge in [-0.1, -0.05) is 47.7 Å². The van der Waals surface area contributed by atoms with Gasteiger partial charge in [0.1, 0.15) is 15.8 Å². The molecule has 1 heterocycles. The predicted molar refractivity (Wildman–Crippen MR) is 115 cm³/mol. The normalized spacial score (nSPS) is 14.7. The Kier molecular flexibility index (Phi) is 6.56. The first-order valence-corrected chi connectivity index (χ1v) is 9.66. The molecule has 0 aliphatic carbocycles. The van der Waals surface area contributed by atoms with Gasteiger partial charge in [-0.3, -0.25) is 9.59 Å². The standard InChI is InChI=1S/C19H15ClN2O4S2/c1-25-15-5-3-2-4-13(15)21-17(23)10-26-14-7-6-12(20)8-11(14)9-16-18(24)22-19(27)28-16/h2-9H,10H2,1H3,(H,21,23)(H,22,24,27)/b16-9-. The second-order valence-electron chi connectivity index (χ2n) is 5.57. The highest BCUT2D eigenvalue weighted by Gasteiger charge is 2.22. The zero-order valence-electron chi connectivity index (χ0n) is 14.7. The van der Waals surface area contributed by atoms with Gasteiger partial charge in [0.25, 0.3) is 11.8 Å². The van der Waals surface area contributed by atoms with Gasteiger partial charge in [0, 0.05) is 10.6 Å². The van der Waals surface area contributed by atoms with Crippen LogP contribution >= 0.6 is 35.6 Å². The lowest BCUT2D eigenvalue weighted by Gasteiger charge is -2.12. The Morgan fingerprint density at radius 2 is 2.07 bits per heavy atom. The highest BCUT2D eigenvalue weighted by atomic mass is 35.5. The van der Waals surface area contributed by atoms with Crippen LogP contribution in [0, 0.1) is 0 Å². The molecule has 3 rings (SSSR count). The summed E-state index contributed by atoms with van der Waals surface area (Å²) in [6, 6.07) is 12.0. The fourth-order valence-corrected chi connectivity index (χ4v) is 3.62. The minimum absolute atomic E-state index is 0.229. The summed E-state index contributed by atoms with van der Waals surface area (Å²) in [7, 11) is 1.53. The maximum absolute atomic E-state index is 12.3. The van der Waals surface area contributed by atoms with E-state index in [0.717, 1.165) is 11.8 Å². The van der Waals surface area contributed by atoms with E-state index in [1.54, 1.807) is 48.5 Å². The van der Waals surface area contributed by atoms with Crippen LogP contribution in [0.2, 0.25) is 5.02 Å². The number of carbonyl (C=O) groups is 2. The molecule has 1 aliphatic rings. The van der Waals surface area contributed by atoms with Crippen LogP contribution in [0.15, 0.2) is 47.4 Å². The van der Waals surface area contributed by atoms with E-state index in [2.05, 4.69) is 10.6 Å². The van der Waals surface area contributed by atoms with E-state index in [0.29, 0.717) is 37.0 Å². The number of halogens is 1. The van der Waals surface area contributed by atoms with Crippen molar-refractivity contribution in [1.82, 2.24) is 5.32 Å². The number of para-hydroxylation sites is 2. The molecule has 0 atom stereocenters. The van der Waals surface area contributed by atoms with Gasteiger partial charge in [0.2, 0.25) is 0 Å². The van der Waals surface area contributed by atoms with E-state index < -0.39 is 0 Å². The van der Waals surface area contributed by atoms with Gasteiger partial charge in [0.05, 0.1) is 17.7 Å². The van der Waals surface area contributed by atoms with E-state index >= 15 is 0 Å². The molecule has 2 N–H and O–H groups in total. The number of thioether (sulfide) groups is 1. The maximum Gasteiger partial charge on any atom is 0.263 e. The smallest absolute Gasteiger partial charge is 0.263 e. The number of hydrogen-bond acceptors (Lipinski definition) is 6. The van der Waals surface area contributed by atoms with Crippen molar-refractivity contribution < 1.29 is 19.1 Å². The van der Waals surface area contributed by atoms with Crippen molar-refractivity contribution >= 4 is 63.5 Å². The Morgan fingerprint density at radius 1 is 1.29 bits per heavy atom. The molecule has 28 heavy (non-hydrogen) atoms. The second-order valence-corrected chi connectivity index (χ2v) is 7.73. The highest BCUT2D eigenvalue weighted by Crippen LogP contribution is 2.31. The average molecular weight is 435 g/mol. The molecule has 2 aromatic carbocycles. The first-order valence-electron chi connectivity index (χ1n) is 8.06. The zero-order valence-corrected chi connectivity index (χ0v) is 17.0. The summed E-state index contributed by atoms with van der Waals surface area (Å²) in [6.45, 7) is -0.229. The van der Waals surface area contributed by atoms with Gasteiger partial charge in [-0.25, -0.2) is 0 Å². The van der Waals surface area contributed by atoms with Crippen LogP contribution in [0.25, 0.3) is 6.08 Å². The van der Waals surface area contributed by atoms with Crippen molar-refractivity contribution in [2.75, 3.05) is 19.0 Å². The summed E-state index contributed by atoms with van der Waals surface area (Å²) in [4.78, 5) is 24.6. The number of nitrogens with one attached hydrogen (secondary N) is 2. The van der Waals surface area contributed by atoms with Crippen molar-refractivity contribution in [3.63, 3.8) is 0 Å². The molecule has 0 radical (unpaired) electrons. The van der Waals surface area contributed by atoms with E-state index in [4.69, 9.17) is 33.3 Å². The first kappa shape index (κ1) is 20.2. The summed E-state index contributed by atoms with van der Waals surface area (Å²) in [6.07, 6.45) is 1.62. The highest BCUT2D eigenvalue weighted by molar-refractivity contribution is 8.26. The zero-order chi connectivity index (χ0) is 20.1. The number of amides is 2. The van der Waals surface area contributed by atoms with Gasteiger partial charge in [-0.15, -0.1) is 0 Å². The van der Waals surface area contributed by atoms with Crippen LogP contribution in [-0.4, -0.2) is 29.9 Å². The summed E-state index contributed by atoms with van der Waals surface area (Å²) >= 11 is 12.2. The van der Waals surface area contributed by atoms with Crippen molar-refractivity contribution in [3.8, 4) is 11.5 Å². The predicted octanol–water partition coefficient (Wildman–Crippen LogP) is 3.85. The Balaban J connectivity index is 1.72. The van der Waals surface area contributed by atoms with Gasteiger partial charge in [-0.2, -0.15) is 0 Å². The Hall–Kier alpha value is -2.55. The number of rotatable bonds is 6. The summed E-state index contributed by atoms with van der Waals surface area (Å²) in [5.74, 6) is 0.327. The number of carbonyl (C=O) groups excluding carboxylic acids is 2. The second kappa shape index (κ2) is 9.09. The summed E-state index contributed by atoms with van der Waals surface area (Å²) in [5.41, 5.74) is 1.12. The molecule has 1 saturated heterocycles. The van der Waals surface area contributed by atoms with Crippen LogP contribution in [0.1, 0.15) is 5.56 Å². The van der Waals surface area contributed by atoms with Crippen LogP contribution in [-0.2, 0) is 9.59 Å². The fraction of sp³-hybridized carbons (Fsp3) is 0.105. The third-order valence-electron chi connectivity index (χ3n) is 3.64.